The van der Waals surface area contributed by atoms with E-state index in [1.165, 1.54) is 12.1 Å². The van der Waals surface area contributed by atoms with Gasteiger partial charge in [-0.1, -0.05) is 25.0 Å². The van der Waals surface area contributed by atoms with E-state index in [4.69, 9.17) is 5.73 Å². The van der Waals surface area contributed by atoms with Crippen molar-refractivity contribution >= 4 is 29.5 Å². The van der Waals surface area contributed by atoms with Crippen LogP contribution in [0.1, 0.15) is 53.6 Å². The third kappa shape index (κ3) is 4.62. The number of nitrogens with zero attached hydrogens (tertiary/aromatic N) is 2. The Morgan fingerprint density at radius 1 is 1.15 bits per heavy atom. The van der Waals surface area contributed by atoms with Gasteiger partial charge < -0.3 is 21.3 Å². The Kier molecular flexibility index (Phi) is 6.32. The standard InChI is InChI=1S/C22H24F3N5O4/c23-22(24,25)21(34)29-17(26)11-5-6-12-10-30(20(33)14(12)9-11)16-4-2-1-3-15(16)28-19(32)13-7-8-27-18(13)31/h5-6,9,13,15-16H,1-4,7-8,10H2,(H,27,31)(H,28,32)(H2,26,29,34). The number of benzene rings is 1. The van der Waals surface area contributed by atoms with Crippen LogP contribution in [0, 0.1) is 5.92 Å². The average Bonchev–Trinajstić information content (AvgIpc) is 3.36. The van der Waals surface area contributed by atoms with Crippen molar-refractivity contribution in [1.82, 2.24) is 15.5 Å². The van der Waals surface area contributed by atoms with Crippen LogP contribution in [0.15, 0.2) is 23.2 Å². The normalized spacial score (nSPS) is 25.2. The predicted octanol–water partition coefficient (Wildman–Crippen LogP) is 1.00. The minimum atomic E-state index is -5.15. The van der Waals surface area contributed by atoms with Gasteiger partial charge in [0.25, 0.3) is 5.91 Å². The van der Waals surface area contributed by atoms with Gasteiger partial charge in [-0.25, -0.2) is 0 Å². The van der Waals surface area contributed by atoms with Crippen LogP contribution in [0.2, 0.25) is 0 Å². The van der Waals surface area contributed by atoms with Gasteiger partial charge in [0.15, 0.2) is 0 Å². The Hall–Kier alpha value is -3.44. The molecule has 0 aromatic heterocycles. The topological polar surface area (TPSA) is 134 Å². The van der Waals surface area contributed by atoms with Gasteiger partial charge in [-0.3, -0.25) is 19.2 Å². The van der Waals surface area contributed by atoms with Gasteiger partial charge in [-0.05, 0) is 30.9 Å². The van der Waals surface area contributed by atoms with Crippen LogP contribution in [-0.4, -0.2) is 59.2 Å². The van der Waals surface area contributed by atoms with E-state index in [1.54, 1.807) is 11.0 Å². The second kappa shape index (κ2) is 9.07. The highest BCUT2D eigenvalue weighted by Gasteiger charge is 2.41. The fourth-order valence-electron chi connectivity index (χ4n) is 4.77. The van der Waals surface area contributed by atoms with Crippen molar-refractivity contribution in [3.63, 3.8) is 0 Å². The highest BCUT2D eigenvalue weighted by atomic mass is 19.4. The summed E-state index contributed by atoms with van der Waals surface area (Å²) in [5.74, 6) is -4.68. The zero-order valence-electron chi connectivity index (χ0n) is 18.2. The van der Waals surface area contributed by atoms with Crippen LogP contribution in [-0.2, 0) is 20.9 Å². The number of carbonyl (C=O) groups excluding carboxylic acids is 4. The van der Waals surface area contributed by atoms with Crippen LogP contribution in [0.25, 0.3) is 0 Å². The van der Waals surface area contributed by atoms with Crippen LogP contribution in [0.3, 0.4) is 0 Å². The van der Waals surface area contributed by atoms with Gasteiger partial charge in [0.1, 0.15) is 11.8 Å². The first-order chi connectivity index (χ1) is 16.1. The van der Waals surface area contributed by atoms with E-state index in [-0.39, 0.29) is 47.5 Å². The summed E-state index contributed by atoms with van der Waals surface area (Å²) in [7, 11) is 0. The second-order valence-corrected chi connectivity index (χ2v) is 8.70. The summed E-state index contributed by atoms with van der Waals surface area (Å²) in [4.78, 5) is 53.4. The summed E-state index contributed by atoms with van der Waals surface area (Å²) >= 11 is 0. The molecule has 1 aromatic rings. The van der Waals surface area contributed by atoms with Crippen molar-refractivity contribution in [3.8, 4) is 0 Å². The maximum Gasteiger partial charge on any atom is 0.473 e. The first kappa shape index (κ1) is 23.7. The third-order valence-electron chi connectivity index (χ3n) is 6.52. The number of amides is 4. The Balaban J connectivity index is 1.51. The molecule has 1 saturated heterocycles. The van der Waals surface area contributed by atoms with E-state index in [0.717, 1.165) is 12.8 Å². The van der Waals surface area contributed by atoms with Gasteiger partial charge in [0.05, 0.1) is 6.04 Å². The lowest BCUT2D eigenvalue weighted by Crippen LogP contribution is -2.54. The molecule has 4 rings (SSSR count). The SMILES string of the molecule is NC(=NC(=O)C(F)(F)F)c1ccc2c(c1)C(=O)N(C1CCCCC1NC(=O)C1CCNC1=O)C2. The summed E-state index contributed by atoms with van der Waals surface area (Å²) in [6, 6.07) is 3.71. The van der Waals surface area contributed by atoms with Crippen molar-refractivity contribution in [2.24, 2.45) is 16.6 Å². The van der Waals surface area contributed by atoms with E-state index < -0.39 is 23.8 Å². The minimum Gasteiger partial charge on any atom is -0.383 e. The molecule has 1 aliphatic carbocycles. The summed E-state index contributed by atoms with van der Waals surface area (Å²) in [6.45, 7) is 0.724. The molecule has 3 aliphatic rings. The van der Waals surface area contributed by atoms with Crippen LogP contribution >= 0.6 is 0 Å². The smallest absolute Gasteiger partial charge is 0.383 e. The molecule has 2 fully saturated rings. The number of hydrogen-bond donors (Lipinski definition) is 3. The maximum absolute atomic E-state index is 13.2. The summed E-state index contributed by atoms with van der Waals surface area (Å²) in [6.07, 6.45) is -1.65. The van der Waals surface area contributed by atoms with Gasteiger partial charge in [0.2, 0.25) is 11.8 Å². The van der Waals surface area contributed by atoms with Crippen LogP contribution in [0.4, 0.5) is 13.2 Å². The van der Waals surface area contributed by atoms with Crippen molar-refractivity contribution in [1.29, 1.82) is 0 Å². The highest BCUT2D eigenvalue weighted by molar-refractivity contribution is 6.07. The summed E-state index contributed by atoms with van der Waals surface area (Å²) in [5.41, 5.74) is 6.54. The fourth-order valence-corrected chi connectivity index (χ4v) is 4.77. The molecule has 1 aromatic carbocycles. The average molecular weight is 479 g/mol. The number of halogens is 3. The molecule has 1 saturated carbocycles. The number of rotatable bonds is 4. The van der Waals surface area contributed by atoms with E-state index in [0.29, 0.717) is 31.4 Å². The van der Waals surface area contributed by atoms with Crippen LogP contribution < -0.4 is 16.4 Å². The summed E-state index contributed by atoms with van der Waals surface area (Å²) in [5, 5.41) is 5.59. The monoisotopic (exact) mass is 479 g/mol. The molecular weight excluding hydrogens is 455 g/mol. The Bertz CT molecular complexity index is 1070. The fraction of sp³-hybridized carbons (Fsp3) is 0.500. The number of nitrogens with two attached hydrogens (primary N) is 1. The van der Waals surface area contributed by atoms with Crippen molar-refractivity contribution in [2.45, 2.75) is 56.9 Å². The lowest BCUT2D eigenvalue weighted by atomic mass is 9.88. The molecule has 182 valence electrons. The first-order valence-electron chi connectivity index (χ1n) is 11.0. The number of fused-ring (bicyclic) bond motifs is 1. The van der Waals surface area contributed by atoms with E-state index >= 15 is 0 Å². The molecule has 3 unspecified atom stereocenters. The quantitative estimate of drug-likeness (QED) is 0.337. The Morgan fingerprint density at radius 2 is 1.88 bits per heavy atom. The molecule has 0 bridgehead atoms. The number of amidine groups is 1. The molecule has 2 heterocycles. The molecule has 4 amide bonds. The first-order valence-corrected chi connectivity index (χ1v) is 11.0. The lowest BCUT2D eigenvalue weighted by Gasteiger charge is -2.38. The van der Waals surface area contributed by atoms with Gasteiger partial charge in [-0.2, -0.15) is 18.2 Å². The molecule has 9 nitrogen and oxygen atoms in total. The van der Waals surface area contributed by atoms with Gasteiger partial charge in [-0.15, -0.1) is 0 Å². The molecule has 4 N–H and O–H groups in total. The number of aliphatic imine (C=N–C) groups is 1. The largest absolute Gasteiger partial charge is 0.473 e. The van der Waals surface area contributed by atoms with Gasteiger partial charge in [0, 0.05) is 30.3 Å². The van der Waals surface area contributed by atoms with Gasteiger partial charge >= 0.3 is 12.1 Å². The van der Waals surface area contributed by atoms with E-state index in [2.05, 4.69) is 15.6 Å². The molecule has 0 radical (unpaired) electrons. The maximum atomic E-state index is 13.2. The Morgan fingerprint density at radius 3 is 2.56 bits per heavy atom. The van der Waals surface area contributed by atoms with Crippen molar-refractivity contribution in [3.05, 3.63) is 34.9 Å². The number of carbonyl (C=O) groups is 4. The Labute approximate surface area is 192 Å². The lowest BCUT2D eigenvalue weighted by molar-refractivity contribution is -0.169. The highest BCUT2D eigenvalue weighted by Crippen LogP contribution is 2.32. The summed E-state index contributed by atoms with van der Waals surface area (Å²) < 4.78 is 37.5. The zero-order chi connectivity index (χ0) is 24.6. The predicted molar refractivity (Wildman–Crippen MR) is 113 cm³/mol. The molecule has 0 spiro atoms. The molecule has 2 aliphatic heterocycles. The van der Waals surface area contributed by atoms with Crippen molar-refractivity contribution in [2.75, 3.05) is 6.54 Å². The third-order valence-corrected chi connectivity index (χ3v) is 6.52. The van der Waals surface area contributed by atoms with E-state index in [1.807, 2.05) is 0 Å². The number of alkyl halides is 3. The number of nitrogens with one attached hydrogen (secondary N) is 2. The molecule has 12 heteroatoms. The molecular formula is C22H24F3N5O4. The van der Waals surface area contributed by atoms with E-state index in [9.17, 15) is 32.3 Å². The molecule has 3 atom stereocenters. The number of hydrogen-bond acceptors (Lipinski definition) is 4. The second-order valence-electron chi connectivity index (χ2n) is 8.70. The molecule has 34 heavy (non-hydrogen) atoms. The minimum absolute atomic E-state index is 0.0345. The zero-order valence-corrected chi connectivity index (χ0v) is 18.2. The van der Waals surface area contributed by atoms with Crippen LogP contribution in [0.5, 0.6) is 0 Å². The van der Waals surface area contributed by atoms with Crippen molar-refractivity contribution < 1.29 is 32.3 Å².